The molecule has 2 unspecified atom stereocenters. The van der Waals surface area contributed by atoms with Crippen LogP contribution >= 0.6 is 15.9 Å². The van der Waals surface area contributed by atoms with Crippen LogP contribution in [0.5, 0.6) is 0 Å². The summed E-state index contributed by atoms with van der Waals surface area (Å²) in [6, 6.07) is 10.9. The SMILES string of the molecule is CN1C2CCC1CC(NCc1cccc(Br)c1)C2. The molecule has 2 saturated heterocycles. The smallest absolute Gasteiger partial charge is 0.0208 e. The van der Waals surface area contributed by atoms with Gasteiger partial charge >= 0.3 is 0 Å². The van der Waals surface area contributed by atoms with Crippen LogP contribution in [-0.4, -0.2) is 30.1 Å². The summed E-state index contributed by atoms with van der Waals surface area (Å²) in [4.78, 5) is 2.59. The highest BCUT2D eigenvalue weighted by atomic mass is 79.9. The molecular formula is C15H21BrN2. The van der Waals surface area contributed by atoms with Crippen molar-refractivity contribution in [1.82, 2.24) is 10.2 Å². The summed E-state index contributed by atoms with van der Waals surface area (Å²) >= 11 is 3.53. The van der Waals surface area contributed by atoms with Gasteiger partial charge in [-0.1, -0.05) is 28.1 Å². The minimum Gasteiger partial charge on any atom is -0.310 e. The Bertz CT molecular complexity index is 407. The molecule has 0 spiro atoms. The number of nitrogens with zero attached hydrogens (tertiary/aromatic N) is 1. The van der Waals surface area contributed by atoms with Crippen LogP contribution in [0.25, 0.3) is 0 Å². The molecule has 1 aromatic carbocycles. The number of piperidine rings is 1. The quantitative estimate of drug-likeness (QED) is 0.922. The lowest BCUT2D eigenvalue weighted by Crippen LogP contribution is -2.46. The third-order valence-corrected chi connectivity index (χ3v) is 5.08. The van der Waals surface area contributed by atoms with Crippen LogP contribution < -0.4 is 5.32 Å². The predicted molar refractivity (Wildman–Crippen MR) is 78.6 cm³/mol. The lowest BCUT2D eigenvalue weighted by molar-refractivity contribution is 0.148. The molecule has 2 fully saturated rings. The first kappa shape index (κ1) is 12.6. The molecule has 1 aromatic rings. The van der Waals surface area contributed by atoms with Crippen molar-refractivity contribution in [2.24, 2.45) is 0 Å². The van der Waals surface area contributed by atoms with Gasteiger partial charge in [0.1, 0.15) is 0 Å². The van der Waals surface area contributed by atoms with Crippen molar-refractivity contribution in [3.05, 3.63) is 34.3 Å². The second-order valence-corrected chi connectivity index (χ2v) is 6.65. The highest BCUT2D eigenvalue weighted by Crippen LogP contribution is 2.34. The molecule has 0 radical (unpaired) electrons. The fourth-order valence-corrected chi connectivity index (χ4v) is 3.93. The minimum atomic E-state index is 0.706. The molecule has 2 bridgehead atoms. The maximum atomic E-state index is 3.74. The standard InChI is InChI=1S/C15H21BrN2/c1-18-14-5-6-15(18)9-13(8-14)17-10-11-3-2-4-12(16)7-11/h2-4,7,13-15,17H,5-6,8-10H2,1H3. The molecule has 0 amide bonds. The Balaban J connectivity index is 1.55. The summed E-state index contributed by atoms with van der Waals surface area (Å²) in [5, 5.41) is 3.74. The van der Waals surface area contributed by atoms with Gasteiger partial charge in [-0.25, -0.2) is 0 Å². The van der Waals surface area contributed by atoms with Crippen LogP contribution in [0.1, 0.15) is 31.2 Å². The van der Waals surface area contributed by atoms with E-state index in [4.69, 9.17) is 0 Å². The van der Waals surface area contributed by atoms with E-state index < -0.39 is 0 Å². The number of hydrogen-bond donors (Lipinski definition) is 1. The average molecular weight is 309 g/mol. The largest absolute Gasteiger partial charge is 0.310 e. The molecule has 3 heteroatoms. The fourth-order valence-electron chi connectivity index (χ4n) is 3.49. The lowest BCUT2D eigenvalue weighted by Gasteiger charge is -2.36. The van der Waals surface area contributed by atoms with Crippen molar-refractivity contribution in [2.45, 2.75) is 50.4 Å². The van der Waals surface area contributed by atoms with Crippen molar-refractivity contribution >= 4 is 15.9 Å². The van der Waals surface area contributed by atoms with Crippen molar-refractivity contribution < 1.29 is 0 Å². The minimum absolute atomic E-state index is 0.706. The Morgan fingerprint density at radius 2 is 2.00 bits per heavy atom. The number of hydrogen-bond acceptors (Lipinski definition) is 2. The highest BCUT2D eigenvalue weighted by molar-refractivity contribution is 9.10. The van der Waals surface area contributed by atoms with Gasteiger partial charge in [0.15, 0.2) is 0 Å². The second-order valence-electron chi connectivity index (χ2n) is 5.73. The van der Waals surface area contributed by atoms with E-state index in [1.807, 2.05) is 0 Å². The molecule has 1 N–H and O–H groups in total. The van der Waals surface area contributed by atoms with Gasteiger partial charge < -0.3 is 10.2 Å². The topological polar surface area (TPSA) is 15.3 Å². The third-order valence-electron chi connectivity index (χ3n) is 4.58. The molecule has 0 aliphatic carbocycles. The van der Waals surface area contributed by atoms with Gasteiger partial charge in [-0.2, -0.15) is 0 Å². The van der Waals surface area contributed by atoms with Gasteiger partial charge in [-0.3, -0.25) is 0 Å². The zero-order valence-corrected chi connectivity index (χ0v) is 12.5. The van der Waals surface area contributed by atoms with E-state index in [1.54, 1.807) is 0 Å². The van der Waals surface area contributed by atoms with Crippen LogP contribution in [0.2, 0.25) is 0 Å². The van der Waals surface area contributed by atoms with E-state index in [9.17, 15) is 0 Å². The second kappa shape index (κ2) is 5.32. The zero-order valence-electron chi connectivity index (χ0n) is 10.9. The molecule has 2 atom stereocenters. The summed E-state index contributed by atoms with van der Waals surface area (Å²) in [5.41, 5.74) is 1.37. The molecule has 3 rings (SSSR count). The molecule has 0 saturated carbocycles. The number of halogens is 1. The van der Waals surface area contributed by atoms with E-state index >= 15 is 0 Å². The lowest BCUT2D eigenvalue weighted by atomic mass is 9.98. The average Bonchev–Trinajstić information content (AvgIpc) is 2.60. The van der Waals surface area contributed by atoms with E-state index in [-0.39, 0.29) is 0 Å². The van der Waals surface area contributed by atoms with E-state index in [0.717, 1.165) is 18.6 Å². The van der Waals surface area contributed by atoms with Crippen molar-refractivity contribution in [3.63, 3.8) is 0 Å². The number of nitrogens with one attached hydrogen (secondary N) is 1. The summed E-state index contributed by atoms with van der Waals surface area (Å²) in [7, 11) is 2.30. The molecule has 2 aliphatic rings. The van der Waals surface area contributed by atoms with Crippen LogP contribution in [0.3, 0.4) is 0 Å². The highest BCUT2D eigenvalue weighted by Gasteiger charge is 2.37. The van der Waals surface area contributed by atoms with Crippen LogP contribution in [0.4, 0.5) is 0 Å². The Kier molecular flexibility index (Phi) is 3.73. The zero-order chi connectivity index (χ0) is 12.5. The van der Waals surface area contributed by atoms with Crippen molar-refractivity contribution in [3.8, 4) is 0 Å². The first-order valence-electron chi connectivity index (χ1n) is 6.92. The van der Waals surface area contributed by atoms with Gasteiger partial charge in [0.2, 0.25) is 0 Å². The fraction of sp³-hybridized carbons (Fsp3) is 0.600. The molecule has 2 heterocycles. The third kappa shape index (κ3) is 2.63. The van der Waals surface area contributed by atoms with E-state index in [1.165, 1.54) is 35.7 Å². The molecule has 98 valence electrons. The Morgan fingerprint density at radius 1 is 1.28 bits per heavy atom. The Morgan fingerprint density at radius 3 is 2.67 bits per heavy atom. The van der Waals surface area contributed by atoms with Gasteiger partial charge in [-0.15, -0.1) is 0 Å². The number of fused-ring (bicyclic) bond motifs is 2. The summed E-state index contributed by atoms with van der Waals surface area (Å²) < 4.78 is 1.17. The van der Waals surface area contributed by atoms with Crippen molar-refractivity contribution in [1.29, 1.82) is 0 Å². The van der Waals surface area contributed by atoms with Gasteiger partial charge in [0, 0.05) is 29.1 Å². The normalized spacial score (nSPS) is 31.8. The molecule has 2 aliphatic heterocycles. The summed E-state index contributed by atoms with van der Waals surface area (Å²) in [6.07, 6.45) is 5.44. The number of benzene rings is 1. The van der Waals surface area contributed by atoms with Crippen LogP contribution in [-0.2, 0) is 6.54 Å². The van der Waals surface area contributed by atoms with Crippen LogP contribution in [0.15, 0.2) is 28.7 Å². The monoisotopic (exact) mass is 308 g/mol. The van der Waals surface area contributed by atoms with Gasteiger partial charge in [0.25, 0.3) is 0 Å². The Labute approximate surface area is 118 Å². The van der Waals surface area contributed by atoms with E-state index in [2.05, 4.69) is 57.5 Å². The van der Waals surface area contributed by atoms with Crippen LogP contribution in [0, 0.1) is 0 Å². The molecule has 2 nitrogen and oxygen atoms in total. The first-order valence-corrected chi connectivity index (χ1v) is 7.71. The first-order chi connectivity index (χ1) is 8.72. The Hall–Kier alpha value is -0.380. The van der Waals surface area contributed by atoms with Gasteiger partial charge in [0.05, 0.1) is 0 Å². The van der Waals surface area contributed by atoms with E-state index in [0.29, 0.717) is 6.04 Å². The summed E-state index contributed by atoms with van der Waals surface area (Å²) in [5.74, 6) is 0. The van der Waals surface area contributed by atoms with Crippen molar-refractivity contribution in [2.75, 3.05) is 7.05 Å². The maximum absolute atomic E-state index is 3.74. The maximum Gasteiger partial charge on any atom is 0.0208 e. The molecule has 0 aromatic heterocycles. The predicted octanol–water partition coefficient (Wildman–Crippen LogP) is 3.16. The van der Waals surface area contributed by atoms with Gasteiger partial charge in [-0.05, 0) is 50.4 Å². The number of rotatable bonds is 3. The molecule has 18 heavy (non-hydrogen) atoms. The molecular weight excluding hydrogens is 288 g/mol. The summed E-state index contributed by atoms with van der Waals surface area (Å²) in [6.45, 7) is 0.993.